The average molecular weight is 443 g/mol. The predicted molar refractivity (Wildman–Crippen MR) is 115 cm³/mol. The van der Waals surface area contributed by atoms with Crippen molar-refractivity contribution in [2.24, 2.45) is 11.8 Å². The molecule has 0 bridgehead atoms. The molecule has 0 saturated carbocycles. The van der Waals surface area contributed by atoms with E-state index in [1.807, 2.05) is 13.8 Å². The van der Waals surface area contributed by atoms with Crippen molar-refractivity contribution in [1.29, 1.82) is 0 Å². The number of rotatable bonds is 7. The quantitative estimate of drug-likeness (QED) is 0.376. The number of hydrogen-bond donors (Lipinski definition) is 2. The molecule has 1 aromatic rings. The summed E-state index contributed by atoms with van der Waals surface area (Å²) in [5.74, 6) is -3.59. The highest BCUT2D eigenvalue weighted by Gasteiger charge is 2.47. The molecule has 2 N–H and O–H groups in total. The number of carbonyl (C=O) groups is 3. The summed E-state index contributed by atoms with van der Waals surface area (Å²) in [6.45, 7) is 6.25. The zero-order valence-corrected chi connectivity index (χ0v) is 18.8. The molecule has 1 aliphatic heterocycles. The van der Waals surface area contributed by atoms with Gasteiger partial charge in [-0.2, -0.15) is 0 Å². The summed E-state index contributed by atoms with van der Waals surface area (Å²) < 4.78 is 15.5. The number of allylic oxidation sites excluding steroid dienone is 3. The Bertz CT molecular complexity index is 978. The number of carbonyl (C=O) groups excluding carboxylic acids is 3. The van der Waals surface area contributed by atoms with Crippen LogP contribution in [0.15, 0.2) is 46.8 Å². The lowest BCUT2D eigenvalue weighted by atomic mass is 9.69. The van der Waals surface area contributed by atoms with E-state index in [4.69, 9.17) is 14.2 Å². The molecule has 0 fully saturated rings. The van der Waals surface area contributed by atoms with Gasteiger partial charge in [0.25, 0.3) is 0 Å². The summed E-state index contributed by atoms with van der Waals surface area (Å²) in [4.78, 5) is 39.0. The number of ketones is 1. The number of Topliss-reactive ketones (excluding diaryl/α,β-unsaturated/α-hetero) is 1. The van der Waals surface area contributed by atoms with Crippen LogP contribution in [0, 0.1) is 11.8 Å². The molecule has 0 amide bonds. The smallest absolute Gasteiger partial charge is 0.336 e. The first-order valence-corrected chi connectivity index (χ1v) is 10.7. The molecule has 8 nitrogen and oxygen atoms in total. The number of ether oxygens (including phenoxy) is 3. The predicted octanol–water partition coefficient (Wildman–Crippen LogP) is 2.58. The maximum absolute atomic E-state index is 13.6. The van der Waals surface area contributed by atoms with Crippen molar-refractivity contribution >= 4 is 17.7 Å². The van der Waals surface area contributed by atoms with Gasteiger partial charge in [-0.05, 0) is 43.9 Å². The summed E-state index contributed by atoms with van der Waals surface area (Å²) in [7, 11) is 1.25. The topological polar surface area (TPSA) is 111 Å². The minimum atomic E-state index is -0.964. The fourth-order valence-electron chi connectivity index (χ4n) is 4.40. The Morgan fingerprint density at radius 3 is 2.66 bits per heavy atom. The number of hydrogen-bond acceptors (Lipinski definition) is 8. The van der Waals surface area contributed by atoms with Crippen molar-refractivity contribution in [2.75, 3.05) is 26.9 Å². The number of esters is 2. The largest absolute Gasteiger partial charge is 0.508 e. The monoisotopic (exact) mass is 443 g/mol. The van der Waals surface area contributed by atoms with E-state index in [-0.39, 0.29) is 30.5 Å². The number of dihydropyridines is 1. The van der Waals surface area contributed by atoms with Gasteiger partial charge in [0, 0.05) is 29.5 Å². The van der Waals surface area contributed by atoms with Gasteiger partial charge >= 0.3 is 11.9 Å². The zero-order valence-electron chi connectivity index (χ0n) is 18.8. The molecule has 2 aliphatic rings. The number of phenols is 1. The molecule has 1 heterocycles. The molecule has 32 heavy (non-hydrogen) atoms. The maximum Gasteiger partial charge on any atom is 0.336 e. The van der Waals surface area contributed by atoms with Gasteiger partial charge in [0.1, 0.15) is 18.3 Å². The van der Waals surface area contributed by atoms with Gasteiger partial charge in [0.2, 0.25) is 0 Å². The van der Waals surface area contributed by atoms with Crippen molar-refractivity contribution in [3.8, 4) is 5.75 Å². The Hall–Kier alpha value is -3.13. The Labute approximate surface area is 187 Å². The van der Waals surface area contributed by atoms with Crippen LogP contribution in [0.2, 0.25) is 0 Å². The molecule has 0 aromatic heterocycles. The third-order valence-corrected chi connectivity index (χ3v) is 5.83. The first-order chi connectivity index (χ1) is 15.3. The lowest BCUT2D eigenvalue weighted by Gasteiger charge is -2.38. The normalized spacial score (nSPS) is 22.9. The molecule has 1 aliphatic carbocycles. The van der Waals surface area contributed by atoms with Gasteiger partial charge in [-0.25, -0.2) is 4.79 Å². The van der Waals surface area contributed by atoms with Crippen molar-refractivity contribution < 1.29 is 33.7 Å². The highest BCUT2D eigenvalue weighted by molar-refractivity contribution is 6.12. The highest BCUT2D eigenvalue weighted by atomic mass is 16.6. The van der Waals surface area contributed by atoms with Gasteiger partial charge in [0.15, 0.2) is 5.78 Å². The van der Waals surface area contributed by atoms with Crippen LogP contribution in [0.1, 0.15) is 38.7 Å². The van der Waals surface area contributed by atoms with E-state index < -0.39 is 29.6 Å². The third kappa shape index (κ3) is 4.55. The van der Waals surface area contributed by atoms with Crippen LogP contribution < -0.4 is 5.32 Å². The molecule has 8 heteroatoms. The lowest BCUT2D eigenvalue weighted by Crippen LogP contribution is -2.43. The first kappa shape index (κ1) is 23.5. The Kier molecular flexibility index (Phi) is 7.35. The standard InChI is InChI=1S/C24H29NO7/c1-5-31-9-10-32-24(29)19-14(3)25-17-11-13(2)18(23(28)30-4)22(27)21(17)20(19)15-7-6-8-16(26)12-15/h6-8,12-13,18,20,25-26H,5,9-11H2,1-4H3/t13-,18-,20-/m1/s1. The molecule has 172 valence electrons. The van der Waals surface area contributed by atoms with E-state index in [1.165, 1.54) is 19.2 Å². The maximum atomic E-state index is 13.6. The van der Waals surface area contributed by atoms with Gasteiger partial charge in [-0.15, -0.1) is 0 Å². The first-order valence-electron chi connectivity index (χ1n) is 10.7. The van der Waals surface area contributed by atoms with Crippen LogP contribution in [0.25, 0.3) is 0 Å². The van der Waals surface area contributed by atoms with E-state index in [2.05, 4.69) is 5.32 Å². The number of phenolic OH excluding ortho intramolecular Hbond substituents is 1. The Morgan fingerprint density at radius 2 is 2.00 bits per heavy atom. The van der Waals surface area contributed by atoms with Crippen molar-refractivity contribution in [3.63, 3.8) is 0 Å². The molecule has 0 spiro atoms. The van der Waals surface area contributed by atoms with E-state index in [0.717, 1.165) is 0 Å². The fraction of sp³-hybridized carbons (Fsp3) is 0.458. The molecule has 1 aromatic carbocycles. The van der Waals surface area contributed by atoms with Gasteiger partial charge < -0.3 is 24.6 Å². The van der Waals surface area contributed by atoms with Gasteiger partial charge in [-0.3, -0.25) is 9.59 Å². The van der Waals surface area contributed by atoms with Crippen molar-refractivity contribution in [3.05, 3.63) is 52.4 Å². The summed E-state index contributed by atoms with van der Waals surface area (Å²) in [5.41, 5.74) is 2.37. The Morgan fingerprint density at radius 1 is 1.25 bits per heavy atom. The lowest BCUT2D eigenvalue weighted by molar-refractivity contribution is -0.151. The van der Waals surface area contributed by atoms with E-state index in [0.29, 0.717) is 35.6 Å². The van der Waals surface area contributed by atoms with Crippen LogP contribution in [0.4, 0.5) is 0 Å². The number of methoxy groups -OCH3 is 1. The molecule has 0 radical (unpaired) electrons. The molecule has 0 saturated heterocycles. The second kappa shape index (κ2) is 9.99. The summed E-state index contributed by atoms with van der Waals surface area (Å²) in [6.07, 6.45) is 0.445. The summed E-state index contributed by atoms with van der Waals surface area (Å²) in [6, 6.07) is 6.41. The second-order valence-electron chi connectivity index (χ2n) is 7.96. The zero-order chi connectivity index (χ0) is 23.4. The van der Waals surface area contributed by atoms with Crippen LogP contribution in [-0.4, -0.2) is 49.8 Å². The fourth-order valence-corrected chi connectivity index (χ4v) is 4.40. The van der Waals surface area contributed by atoms with Crippen molar-refractivity contribution in [2.45, 2.75) is 33.1 Å². The number of benzene rings is 1. The van der Waals surface area contributed by atoms with Gasteiger partial charge in [-0.1, -0.05) is 19.1 Å². The van der Waals surface area contributed by atoms with Crippen molar-refractivity contribution in [1.82, 2.24) is 5.32 Å². The Balaban J connectivity index is 2.07. The summed E-state index contributed by atoms with van der Waals surface area (Å²) >= 11 is 0. The van der Waals surface area contributed by atoms with E-state index >= 15 is 0 Å². The minimum Gasteiger partial charge on any atom is -0.508 e. The van der Waals surface area contributed by atoms with Crippen LogP contribution in [0.3, 0.4) is 0 Å². The minimum absolute atomic E-state index is 0.00560. The molecular weight excluding hydrogens is 414 g/mol. The van der Waals surface area contributed by atoms with E-state index in [1.54, 1.807) is 19.1 Å². The number of nitrogens with one attached hydrogen (secondary N) is 1. The SMILES string of the molecule is CCOCCOC(=O)C1=C(C)NC2=C(C(=O)[C@H](C(=O)OC)[C@H](C)C2)[C@@H]1c1cccc(O)c1. The van der Waals surface area contributed by atoms with Crippen LogP contribution in [0.5, 0.6) is 5.75 Å². The third-order valence-electron chi connectivity index (χ3n) is 5.83. The molecule has 0 unspecified atom stereocenters. The average Bonchev–Trinajstić information content (AvgIpc) is 2.75. The van der Waals surface area contributed by atoms with Crippen LogP contribution >= 0.6 is 0 Å². The van der Waals surface area contributed by atoms with Crippen LogP contribution in [-0.2, 0) is 28.6 Å². The second-order valence-corrected chi connectivity index (χ2v) is 7.96. The van der Waals surface area contributed by atoms with Gasteiger partial charge in [0.05, 0.1) is 19.3 Å². The molecule has 3 atom stereocenters. The summed E-state index contributed by atoms with van der Waals surface area (Å²) in [5, 5.41) is 13.3. The molecular formula is C24H29NO7. The highest BCUT2D eigenvalue weighted by Crippen LogP contribution is 2.45. The molecule has 3 rings (SSSR count). The van der Waals surface area contributed by atoms with E-state index in [9.17, 15) is 19.5 Å². The number of aromatic hydroxyl groups is 1.